The van der Waals surface area contributed by atoms with Crippen molar-refractivity contribution in [2.75, 3.05) is 0 Å². The van der Waals surface area contributed by atoms with Crippen molar-refractivity contribution >= 4 is 38.7 Å². The molecule has 0 aromatic carbocycles. The van der Waals surface area contributed by atoms with Crippen molar-refractivity contribution < 1.29 is 18.3 Å². The van der Waals surface area contributed by atoms with Gasteiger partial charge in [0.1, 0.15) is 5.01 Å². The third-order valence-electron chi connectivity index (χ3n) is 2.73. The molecule has 2 aromatic rings. The van der Waals surface area contributed by atoms with Crippen LogP contribution < -0.4 is 4.72 Å². The molecule has 1 atom stereocenters. The van der Waals surface area contributed by atoms with Gasteiger partial charge in [0.05, 0.1) is 10.9 Å². The first-order chi connectivity index (χ1) is 9.70. The molecule has 0 saturated heterocycles. The van der Waals surface area contributed by atoms with E-state index in [2.05, 4.69) is 9.71 Å². The van der Waals surface area contributed by atoms with Crippen LogP contribution in [0.3, 0.4) is 0 Å². The standard InChI is InChI=1S/C12H14N2O4S3/c1-6-4-10(8(3)20-6)21(17,18)14-7(2)11-13-9(5-19-11)12(15)16/h4-5,7,14H,1-3H3,(H,15,16). The quantitative estimate of drug-likeness (QED) is 0.867. The van der Waals surface area contributed by atoms with E-state index in [0.29, 0.717) is 5.01 Å². The molecule has 9 heteroatoms. The molecule has 2 aromatic heterocycles. The number of thiophene rings is 1. The molecule has 0 radical (unpaired) electrons. The van der Waals surface area contributed by atoms with E-state index in [9.17, 15) is 13.2 Å². The average Bonchev–Trinajstić information content (AvgIpc) is 2.95. The summed E-state index contributed by atoms with van der Waals surface area (Å²) in [6.45, 7) is 5.24. The lowest BCUT2D eigenvalue weighted by Gasteiger charge is -2.11. The highest BCUT2D eigenvalue weighted by Crippen LogP contribution is 2.27. The summed E-state index contributed by atoms with van der Waals surface area (Å²) in [6.07, 6.45) is 0. The van der Waals surface area contributed by atoms with Gasteiger partial charge in [-0.25, -0.2) is 22.9 Å². The molecule has 0 aliphatic carbocycles. The number of thiazole rings is 1. The maximum absolute atomic E-state index is 12.3. The van der Waals surface area contributed by atoms with Crippen molar-refractivity contribution in [2.45, 2.75) is 31.7 Å². The van der Waals surface area contributed by atoms with Crippen LogP contribution in [-0.4, -0.2) is 24.5 Å². The number of aromatic carboxylic acids is 1. The van der Waals surface area contributed by atoms with Crippen LogP contribution in [0.2, 0.25) is 0 Å². The van der Waals surface area contributed by atoms with Crippen LogP contribution in [0.15, 0.2) is 16.3 Å². The molecular weight excluding hydrogens is 332 g/mol. The minimum atomic E-state index is -3.65. The molecule has 2 rings (SSSR count). The molecule has 6 nitrogen and oxygen atoms in total. The molecule has 0 fully saturated rings. The zero-order valence-corrected chi connectivity index (χ0v) is 14.0. The predicted molar refractivity (Wildman–Crippen MR) is 81.6 cm³/mol. The Bertz CT molecular complexity index is 776. The number of rotatable bonds is 5. The zero-order chi connectivity index (χ0) is 15.8. The number of carbonyl (C=O) groups is 1. The van der Waals surface area contributed by atoms with Crippen molar-refractivity contribution in [3.05, 3.63) is 31.9 Å². The molecule has 2 N–H and O–H groups in total. The van der Waals surface area contributed by atoms with Crippen molar-refractivity contribution in [3.63, 3.8) is 0 Å². The summed E-state index contributed by atoms with van der Waals surface area (Å²) in [5.41, 5.74) is -0.0800. The normalized spacial score (nSPS) is 13.3. The van der Waals surface area contributed by atoms with Gasteiger partial charge in [0, 0.05) is 15.1 Å². The second-order valence-corrected chi connectivity index (χ2v) is 8.53. The summed E-state index contributed by atoms with van der Waals surface area (Å²) in [5.74, 6) is -1.13. The second-order valence-electron chi connectivity index (χ2n) is 4.50. The predicted octanol–water partition coefficient (Wildman–Crippen LogP) is 2.56. The number of nitrogens with one attached hydrogen (secondary N) is 1. The lowest BCUT2D eigenvalue weighted by Crippen LogP contribution is -2.27. The number of aromatic nitrogens is 1. The first-order valence-corrected chi connectivity index (χ1v) is 9.16. The molecular formula is C12H14N2O4S3. The van der Waals surface area contributed by atoms with E-state index in [-0.39, 0.29) is 10.6 Å². The van der Waals surface area contributed by atoms with Gasteiger partial charge >= 0.3 is 5.97 Å². The van der Waals surface area contributed by atoms with Gasteiger partial charge in [-0.1, -0.05) is 0 Å². The van der Waals surface area contributed by atoms with Crippen LogP contribution in [0.25, 0.3) is 0 Å². The number of carboxylic acid groups (broad SMARTS) is 1. The molecule has 0 bridgehead atoms. The van der Waals surface area contributed by atoms with Crippen LogP contribution in [0.1, 0.15) is 38.2 Å². The number of nitrogens with zero attached hydrogens (tertiary/aromatic N) is 1. The van der Waals surface area contributed by atoms with Crippen molar-refractivity contribution in [2.24, 2.45) is 0 Å². The van der Waals surface area contributed by atoms with E-state index in [4.69, 9.17) is 5.11 Å². The smallest absolute Gasteiger partial charge is 0.355 e. The van der Waals surface area contributed by atoms with E-state index in [1.54, 1.807) is 19.9 Å². The Morgan fingerprint density at radius 2 is 2.10 bits per heavy atom. The molecule has 0 aliphatic rings. The van der Waals surface area contributed by atoms with Gasteiger partial charge in [-0.15, -0.1) is 22.7 Å². The average molecular weight is 346 g/mol. The zero-order valence-electron chi connectivity index (χ0n) is 11.6. The minimum absolute atomic E-state index is 0.0800. The Morgan fingerprint density at radius 3 is 2.57 bits per heavy atom. The maximum atomic E-state index is 12.3. The van der Waals surface area contributed by atoms with Gasteiger partial charge in [0.2, 0.25) is 10.0 Å². The molecule has 1 unspecified atom stereocenters. The van der Waals surface area contributed by atoms with Gasteiger partial charge in [-0.05, 0) is 26.8 Å². The van der Waals surface area contributed by atoms with E-state index >= 15 is 0 Å². The first-order valence-electron chi connectivity index (χ1n) is 5.99. The number of carboxylic acids is 1. The Morgan fingerprint density at radius 1 is 1.43 bits per heavy atom. The molecule has 2 heterocycles. The van der Waals surface area contributed by atoms with E-state index in [1.165, 1.54) is 16.7 Å². The Labute approximate surface area is 130 Å². The van der Waals surface area contributed by atoms with Crippen molar-refractivity contribution in [1.82, 2.24) is 9.71 Å². The highest BCUT2D eigenvalue weighted by atomic mass is 32.2. The first kappa shape index (κ1) is 16.1. The molecule has 21 heavy (non-hydrogen) atoms. The van der Waals surface area contributed by atoms with Crippen molar-refractivity contribution in [3.8, 4) is 0 Å². The summed E-state index contributed by atoms with van der Waals surface area (Å²) in [5, 5.41) is 10.6. The monoisotopic (exact) mass is 346 g/mol. The Hall–Kier alpha value is -1.29. The van der Waals surface area contributed by atoms with Gasteiger partial charge in [-0.3, -0.25) is 0 Å². The summed E-state index contributed by atoms with van der Waals surface area (Å²) in [6, 6.07) is 1.03. The van der Waals surface area contributed by atoms with Crippen LogP contribution in [-0.2, 0) is 10.0 Å². The summed E-state index contributed by atoms with van der Waals surface area (Å²) >= 11 is 2.53. The SMILES string of the molecule is Cc1cc(S(=O)(=O)NC(C)c2nc(C(=O)O)cs2)c(C)s1. The number of hydrogen-bond donors (Lipinski definition) is 2. The van der Waals surface area contributed by atoms with Crippen LogP contribution in [0.5, 0.6) is 0 Å². The highest BCUT2D eigenvalue weighted by molar-refractivity contribution is 7.89. The molecule has 114 valence electrons. The van der Waals surface area contributed by atoms with Gasteiger partial charge in [0.15, 0.2) is 5.69 Å². The lowest BCUT2D eigenvalue weighted by atomic mass is 10.4. The molecule has 0 amide bonds. The third kappa shape index (κ3) is 3.49. The van der Waals surface area contributed by atoms with Gasteiger partial charge < -0.3 is 5.11 Å². The van der Waals surface area contributed by atoms with Crippen LogP contribution >= 0.6 is 22.7 Å². The minimum Gasteiger partial charge on any atom is -0.476 e. The van der Waals surface area contributed by atoms with E-state index in [1.807, 2.05) is 6.92 Å². The van der Waals surface area contributed by atoms with E-state index in [0.717, 1.165) is 21.1 Å². The van der Waals surface area contributed by atoms with E-state index < -0.39 is 22.0 Å². The molecule has 0 aliphatic heterocycles. The number of hydrogen-bond acceptors (Lipinski definition) is 6. The topological polar surface area (TPSA) is 96.4 Å². The Balaban J connectivity index is 2.23. The molecule has 0 saturated carbocycles. The Kier molecular flexibility index (Phi) is 4.47. The maximum Gasteiger partial charge on any atom is 0.355 e. The lowest BCUT2D eigenvalue weighted by molar-refractivity contribution is 0.0691. The summed E-state index contributed by atoms with van der Waals surface area (Å²) in [4.78, 5) is 16.6. The fraction of sp³-hybridized carbons (Fsp3) is 0.333. The van der Waals surface area contributed by atoms with Crippen molar-refractivity contribution in [1.29, 1.82) is 0 Å². The highest BCUT2D eigenvalue weighted by Gasteiger charge is 2.24. The molecule has 0 spiro atoms. The fourth-order valence-electron chi connectivity index (χ4n) is 1.81. The summed E-state index contributed by atoms with van der Waals surface area (Å²) in [7, 11) is -3.65. The third-order valence-corrected chi connectivity index (χ3v) is 6.52. The fourth-order valence-corrected chi connectivity index (χ4v) is 5.44. The number of aryl methyl sites for hydroxylation is 2. The second kappa shape index (κ2) is 5.84. The summed E-state index contributed by atoms with van der Waals surface area (Å²) < 4.78 is 27.2. The van der Waals surface area contributed by atoms with Crippen LogP contribution in [0.4, 0.5) is 0 Å². The van der Waals surface area contributed by atoms with Gasteiger partial charge in [0.25, 0.3) is 0 Å². The van der Waals surface area contributed by atoms with Crippen LogP contribution in [0, 0.1) is 13.8 Å². The van der Waals surface area contributed by atoms with Gasteiger partial charge in [-0.2, -0.15) is 0 Å². The largest absolute Gasteiger partial charge is 0.476 e. The number of sulfonamides is 1.